The average Bonchev–Trinajstić information content (AvgIpc) is 2.98. The predicted octanol–water partition coefficient (Wildman–Crippen LogP) is 0.205. The molecule has 8 heteroatoms. The van der Waals surface area contributed by atoms with Crippen LogP contribution in [0.3, 0.4) is 0 Å². The number of hydrogen-bond acceptors (Lipinski definition) is 6. The predicted molar refractivity (Wildman–Crippen MR) is 76.0 cm³/mol. The van der Waals surface area contributed by atoms with Gasteiger partial charge in [-0.05, 0) is 13.5 Å². The molecule has 0 aliphatic heterocycles. The minimum atomic E-state index is -0.0638. The number of thiazole rings is 1. The molecule has 0 atom stereocenters. The Kier molecular flexibility index (Phi) is 3.33. The Labute approximate surface area is 118 Å². The van der Waals surface area contributed by atoms with Crippen LogP contribution >= 0.6 is 11.3 Å². The molecule has 3 rings (SSSR count). The van der Waals surface area contributed by atoms with E-state index in [0.29, 0.717) is 30.2 Å². The van der Waals surface area contributed by atoms with Gasteiger partial charge in [-0.25, -0.2) is 9.67 Å². The van der Waals surface area contributed by atoms with E-state index in [1.165, 1.54) is 17.4 Å². The van der Waals surface area contributed by atoms with E-state index in [1.807, 2.05) is 18.5 Å². The van der Waals surface area contributed by atoms with Gasteiger partial charge in [0, 0.05) is 29.8 Å². The van der Waals surface area contributed by atoms with E-state index in [4.69, 9.17) is 5.73 Å². The van der Waals surface area contributed by atoms with E-state index in [2.05, 4.69) is 15.3 Å². The smallest absolute Gasteiger partial charge is 0.259 e. The minimum absolute atomic E-state index is 0.0638. The molecule has 7 nitrogen and oxygen atoms in total. The maximum Gasteiger partial charge on any atom is 0.259 e. The van der Waals surface area contributed by atoms with Crippen LogP contribution in [0.5, 0.6) is 0 Å². The summed E-state index contributed by atoms with van der Waals surface area (Å²) in [5.74, 6) is 0. The number of rotatable bonds is 4. The first-order chi connectivity index (χ1) is 9.67. The van der Waals surface area contributed by atoms with Crippen LogP contribution in [0.1, 0.15) is 17.1 Å². The topological polar surface area (TPSA) is 91.1 Å². The van der Waals surface area contributed by atoms with Gasteiger partial charge in [0.25, 0.3) is 5.56 Å². The second-order valence-electron chi connectivity index (χ2n) is 4.53. The SMILES string of the molecule is Cc1csc2nc(Cn3cc(CCN)nn3)cc(=O)n12. The van der Waals surface area contributed by atoms with Crippen LogP contribution in [-0.2, 0) is 13.0 Å². The van der Waals surface area contributed by atoms with Crippen LogP contribution in [0.2, 0.25) is 0 Å². The fraction of sp³-hybridized carbons (Fsp3) is 0.333. The monoisotopic (exact) mass is 290 g/mol. The van der Waals surface area contributed by atoms with Crippen LogP contribution in [0.4, 0.5) is 0 Å². The van der Waals surface area contributed by atoms with E-state index in [0.717, 1.165) is 11.4 Å². The van der Waals surface area contributed by atoms with Crippen molar-refractivity contribution in [2.75, 3.05) is 6.54 Å². The summed E-state index contributed by atoms with van der Waals surface area (Å²) in [6.45, 7) is 2.86. The quantitative estimate of drug-likeness (QED) is 0.741. The summed E-state index contributed by atoms with van der Waals surface area (Å²) in [4.78, 5) is 17.2. The maximum absolute atomic E-state index is 12.0. The molecule has 2 N–H and O–H groups in total. The second kappa shape index (κ2) is 5.14. The fourth-order valence-electron chi connectivity index (χ4n) is 2.03. The summed E-state index contributed by atoms with van der Waals surface area (Å²) in [6.07, 6.45) is 2.52. The molecule has 20 heavy (non-hydrogen) atoms. The highest BCUT2D eigenvalue weighted by atomic mass is 32.1. The van der Waals surface area contributed by atoms with Crippen molar-refractivity contribution in [3.8, 4) is 0 Å². The fourth-order valence-corrected chi connectivity index (χ4v) is 2.92. The lowest BCUT2D eigenvalue weighted by Crippen LogP contribution is -2.16. The highest BCUT2D eigenvalue weighted by Crippen LogP contribution is 2.11. The number of aromatic nitrogens is 5. The zero-order valence-electron chi connectivity index (χ0n) is 11.0. The van der Waals surface area contributed by atoms with Gasteiger partial charge in [0.2, 0.25) is 0 Å². The second-order valence-corrected chi connectivity index (χ2v) is 5.36. The maximum atomic E-state index is 12.0. The van der Waals surface area contributed by atoms with Crippen LogP contribution in [0.15, 0.2) is 22.4 Å². The highest BCUT2D eigenvalue weighted by Gasteiger charge is 2.08. The van der Waals surface area contributed by atoms with E-state index in [9.17, 15) is 4.79 Å². The van der Waals surface area contributed by atoms with Crippen LogP contribution in [0, 0.1) is 6.92 Å². The van der Waals surface area contributed by atoms with Gasteiger partial charge in [0.15, 0.2) is 4.96 Å². The molecular weight excluding hydrogens is 276 g/mol. The summed E-state index contributed by atoms with van der Waals surface area (Å²) in [7, 11) is 0. The molecule has 0 saturated carbocycles. The summed E-state index contributed by atoms with van der Waals surface area (Å²) >= 11 is 1.46. The van der Waals surface area contributed by atoms with Crippen LogP contribution < -0.4 is 11.3 Å². The molecule has 0 unspecified atom stereocenters. The van der Waals surface area contributed by atoms with E-state index < -0.39 is 0 Å². The van der Waals surface area contributed by atoms with Gasteiger partial charge < -0.3 is 5.73 Å². The lowest BCUT2D eigenvalue weighted by Gasteiger charge is -2.01. The van der Waals surface area contributed by atoms with Crippen LogP contribution in [0.25, 0.3) is 4.96 Å². The number of fused-ring (bicyclic) bond motifs is 1. The molecule has 0 fully saturated rings. The Morgan fingerprint density at radius 2 is 2.25 bits per heavy atom. The Bertz CT molecular complexity index is 802. The van der Waals surface area contributed by atoms with E-state index in [1.54, 1.807) is 9.08 Å². The first-order valence-electron chi connectivity index (χ1n) is 6.23. The van der Waals surface area contributed by atoms with E-state index >= 15 is 0 Å². The zero-order chi connectivity index (χ0) is 14.1. The first kappa shape index (κ1) is 12.9. The van der Waals surface area contributed by atoms with Gasteiger partial charge in [0.1, 0.15) is 0 Å². The van der Waals surface area contributed by atoms with Crippen molar-refractivity contribution in [3.63, 3.8) is 0 Å². The molecule has 0 amide bonds. The summed E-state index contributed by atoms with van der Waals surface area (Å²) < 4.78 is 3.28. The highest BCUT2D eigenvalue weighted by molar-refractivity contribution is 7.15. The molecule has 0 aliphatic carbocycles. The third-order valence-electron chi connectivity index (χ3n) is 2.94. The molecular formula is C12H14N6OS. The molecule has 104 valence electrons. The van der Waals surface area contributed by atoms with Crippen molar-refractivity contribution >= 4 is 16.3 Å². The van der Waals surface area contributed by atoms with Gasteiger partial charge >= 0.3 is 0 Å². The molecule has 0 spiro atoms. The van der Waals surface area contributed by atoms with Crippen molar-refractivity contribution in [1.29, 1.82) is 0 Å². The molecule has 0 radical (unpaired) electrons. The minimum Gasteiger partial charge on any atom is -0.330 e. The molecule has 0 saturated heterocycles. The zero-order valence-corrected chi connectivity index (χ0v) is 11.8. The van der Waals surface area contributed by atoms with Crippen molar-refractivity contribution in [2.45, 2.75) is 19.9 Å². The Morgan fingerprint density at radius 3 is 3.05 bits per heavy atom. The summed E-state index contributed by atoms with van der Waals surface area (Å²) in [5, 5.41) is 9.95. The van der Waals surface area contributed by atoms with Gasteiger partial charge in [0.05, 0.1) is 17.9 Å². The number of aryl methyl sites for hydroxylation is 1. The third kappa shape index (κ3) is 2.35. The van der Waals surface area contributed by atoms with Gasteiger partial charge in [-0.1, -0.05) is 5.21 Å². The Morgan fingerprint density at radius 1 is 1.40 bits per heavy atom. The molecule has 3 aromatic rings. The number of nitrogens with zero attached hydrogens (tertiary/aromatic N) is 5. The average molecular weight is 290 g/mol. The lowest BCUT2D eigenvalue weighted by molar-refractivity contribution is 0.637. The Balaban J connectivity index is 1.92. The third-order valence-corrected chi connectivity index (χ3v) is 3.88. The van der Waals surface area contributed by atoms with Crippen molar-refractivity contribution in [1.82, 2.24) is 24.4 Å². The number of nitrogens with two attached hydrogens (primary N) is 1. The van der Waals surface area contributed by atoms with Crippen LogP contribution in [-0.4, -0.2) is 30.9 Å². The molecule has 0 aromatic carbocycles. The molecule has 3 aromatic heterocycles. The lowest BCUT2D eigenvalue weighted by atomic mass is 10.3. The number of hydrogen-bond donors (Lipinski definition) is 1. The van der Waals surface area contributed by atoms with Gasteiger partial charge in [-0.3, -0.25) is 9.20 Å². The van der Waals surface area contributed by atoms with E-state index in [-0.39, 0.29) is 5.56 Å². The standard InChI is InChI=1S/C12H14N6OS/c1-8-7-20-12-14-10(4-11(19)18(8)12)6-17-5-9(2-3-13)15-16-17/h4-5,7H,2-3,6,13H2,1H3. The van der Waals surface area contributed by atoms with Crippen molar-refractivity contribution in [3.05, 3.63) is 45.1 Å². The summed E-state index contributed by atoms with van der Waals surface area (Å²) in [5.41, 5.74) is 7.84. The Hall–Kier alpha value is -2.06. The normalized spacial score (nSPS) is 11.3. The molecule has 3 heterocycles. The molecule has 0 aliphatic rings. The van der Waals surface area contributed by atoms with Crippen molar-refractivity contribution < 1.29 is 0 Å². The first-order valence-corrected chi connectivity index (χ1v) is 7.11. The van der Waals surface area contributed by atoms with Gasteiger partial charge in [-0.15, -0.1) is 16.4 Å². The van der Waals surface area contributed by atoms with Gasteiger partial charge in [-0.2, -0.15) is 0 Å². The summed E-state index contributed by atoms with van der Waals surface area (Å²) in [6, 6.07) is 1.54. The molecule has 0 bridgehead atoms. The van der Waals surface area contributed by atoms with Crippen molar-refractivity contribution in [2.24, 2.45) is 5.73 Å². The largest absolute Gasteiger partial charge is 0.330 e.